The van der Waals surface area contributed by atoms with Gasteiger partial charge in [-0.15, -0.1) is 0 Å². The molecule has 0 amide bonds. The summed E-state index contributed by atoms with van der Waals surface area (Å²) in [6.07, 6.45) is 0. The van der Waals surface area contributed by atoms with Gasteiger partial charge in [-0.2, -0.15) is 0 Å². The predicted molar refractivity (Wildman–Crippen MR) is 82.7 cm³/mol. The van der Waals surface area contributed by atoms with E-state index in [0.717, 1.165) is 39.5 Å². The molecule has 0 bridgehead atoms. The molecular formula is C15H15BrClNO. The van der Waals surface area contributed by atoms with E-state index in [2.05, 4.69) is 27.3 Å². The Bertz CT molecular complexity index is 560. The maximum absolute atomic E-state index is 6.06. The van der Waals surface area contributed by atoms with Crippen LogP contribution in [0.1, 0.15) is 11.1 Å². The summed E-state index contributed by atoms with van der Waals surface area (Å²) in [5.41, 5.74) is 2.30. The highest BCUT2D eigenvalue weighted by Gasteiger charge is 2.02. The van der Waals surface area contributed by atoms with Crippen LogP contribution in [0.15, 0.2) is 46.9 Å². The van der Waals surface area contributed by atoms with Crippen LogP contribution in [-0.2, 0) is 13.1 Å². The molecule has 100 valence electrons. The van der Waals surface area contributed by atoms with Crippen LogP contribution in [0.2, 0.25) is 5.02 Å². The number of benzene rings is 2. The summed E-state index contributed by atoms with van der Waals surface area (Å²) in [6.45, 7) is 1.53. The van der Waals surface area contributed by atoms with Crippen LogP contribution < -0.4 is 10.1 Å². The Morgan fingerprint density at radius 3 is 2.68 bits per heavy atom. The third-order valence-corrected chi connectivity index (χ3v) is 4.05. The minimum atomic E-state index is 0.733. The van der Waals surface area contributed by atoms with Crippen LogP contribution in [-0.4, -0.2) is 7.11 Å². The lowest BCUT2D eigenvalue weighted by Gasteiger charge is -2.10. The van der Waals surface area contributed by atoms with Crippen molar-refractivity contribution in [3.63, 3.8) is 0 Å². The SMILES string of the molecule is COc1ccccc1CNCc1ccc(Br)c(Cl)c1. The number of para-hydroxylation sites is 1. The monoisotopic (exact) mass is 339 g/mol. The van der Waals surface area contributed by atoms with Crippen molar-refractivity contribution in [3.8, 4) is 5.75 Å². The van der Waals surface area contributed by atoms with Gasteiger partial charge in [0.15, 0.2) is 0 Å². The smallest absolute Gasteiger partial charge is 0.123 e. The van der Waals surface area contributed by atoms with Crippen molar-refractivity contribution < 1.29 is 4.74 Å². The zero-order valence-corrected chi connectivity index (χ0v) is 13.0. The van der Waals surface area contributed by atoms with Gasteiger partial charge in [0.2, 0.25) is 0 Å². The van der Waals surface area contributed by atoms with Gasteiger partial charge in [-0.3, -0.25) is 0 Å². The van der Waals surface area contributed by atoms with E-state index in [4.69, 9.17) is 16.3 Å². The minimum absolute atomic E-state index is 0.733. The molecule has 4 heteroatoms. The van der Waals surface area contributed by atoms with E-state index < -0.39 is 0 Å². The van der Waals surface area contributed by atoms with E-state index in [1.165, 1.54) is 0 Å². The first kappa shape index (κ1) is 14.4. The summed E-state index contributed by atoms with van der Waals surface area (Å²) in [5, 5.41) is 4.12. The van der Waals surface area contributed by atoms with E-state index in [1.54, 1.807) is 7.11 Å². The van der Waals surface area contributed by atoms with Gasteiger partial charge in [0.1, 0.15) is 5.75 Å². The molecule has 0 aliphatic heterocycles. The lowest BCUT2D eigenvalue weighted by Crippen LogP contribution is -2.13. The fraction of sp³-hybridized carbons (Fsp3) is 0.200. The molecule has 0 heterocycles. The van der Waals surface area contributed by atoms with Crippen molar-refractivity contribution in [1.82, 2.24) is 5.32 Å². The van der Waals surface area contributed by atoms with Crippen molar-refractivity contribution in [3.05, 3.63) is 63.1 Å². The molecule has 0 aromatic heterocycles. The number of nitrogens with one attached hydrogen (secondary N) is 1. The van der Waals surface area contributed by atoms with Crippen molar-refractivity contribution >= 4 is 27.5 Å². The first-order valence-electron chi connectivity index (χ1n) is 5.97. The van der Waals surface area contributed by atoms with Crippen LogP contribution >= 0.6 is 27.5 Å². The molecule has 0 fully saturated rings. The third-order valence-electron chi connectivity index (χ3n) is 2.82. The van der Waals surface area contributed by atoms with Crippen LogP contribution in [0.25, 0.3) is 0 Å². The molecular weight excluding hydrogens is 326 g/mol. The number of methoxy groups -OCH3 is 1. The van der Waals surface area contributed by atoms with Crippen LogP contribution in [0.3, 0.4) is 0 Å². The standard InChI is InChI=1S/C15H15BrClNO/c1-19-15-5-3-2-4-12(15)10-18-9-11-6-7-13(16)14(17)8-11/h2-8,18H,9-10H2,1H3. The number of hydrogen-bond donors (Lipinski definition) is 1. The number of hydrogen-bond acceptors (Lipinski definition) is 2. The first-order valence-corrected chi connectivity index (χ1v) is 7.14. The highest BCUT2D eigenvalue weighted by Crippen LogP contribution is 2.23. The molecule has 19 heavy (non-hydrogen) atoms. The van der Waals surface area contributed by atoms with Crippen molar-refractivity contribution in [2.24, 2.45) is 0 Å². The Morgan fingerprint density at radius 2 is 1.95 bits per heavy atom. The highest BCUT2D eigenvalue weighted by molar-refractivity contribution is 9.10. The van der Waals surface area contributed by atoms with Crippen molar-refractivity contribution in [1.29, 1.82) is 0 Å². The fourth-order valence-electron chi connectivity index (χ4n) is 1.84. The van der Waals surface area contributed by atoms with Gasteiger partial charge >= 0.3 is 0 Å². The molecule has 0 spiro atoms. The second-order valence-electron chi connectivity index (χ2n) is 4.16. The van der Waals surface area contributed by atoms with Crippen LogP contribution in [0.5, 0.6) is 5.75 Å². The van der Waals surface area contributed by atoms with E-state index in [1.807, 2.05) is 36.4 Å². The van der Waals surface area contributed by atoms with E-state index in [9.17, 15) is 0 Å². The predicted octanol–water partition coefficient (Wildman–Crippen LogP) is 4.40. The molecule has 0 saturated carbocycles. The topological polar surface area (TPSA) is 21.3 Å². The zero-order valence-electron chi connectivity index (χ0n) is 10.6. The Labute approximate surface area is 126 Å². The molecule has 2 nitrogen and oxygen atoms in total. The molecule has 0 aliphatic carbocycles. The van der Waals surface area contributed by atoms with E-state index >= 15 is 0 Å². The molecule has 1 N–H and O–H groups in total. The average molecular weight is 341 g/mol. The zero-order chi connectivity index (χ0) is 13.7. The Kier molecular flexibility index (Phi) is 5.25. The second kappa shape index (κ2) is 6.94. The van der Waals surface area contributed by atoms with Gasteiger partial charge in [0.05, 0.1) is 12.1 Å². The molecule has 0 saturated heterocycles. The summed E-state index contributed by atoms with van der Waals surface area (Å²) in [5.74, 6) is 0.906. The maximum Gasteiger partial charge on any atom is 0.123 e. The Morgan fingerprint density at radius 1 is 1.16 bits per heavy atom. The van der Waals surface area contributed by atoms with Gasteiger partial charge in [-0.05, 0) is 39.7 Å². The third kappa shape index (κ3) is 3.96. The van der Waals surface area contributed by atoms with Crippen LogP contribution in [0.4, 0.5) is 0 Å². The number of halogens is 2. The fourth-order valence-corrected chi connectivity index (χ4v) is 2.29. The highest BCUT2D eigenvalue weighted by atomic mass is 79.9. The minimum Gasteiger partial charge on any atom is -0.496 e. The van der Waals surface area contributed by atoms with Gasteiger partial charge in [-0.1, -0.05) is 35.9 Å². The van der Waals surface area contributed by atoms with Gasteiger partial charge in [-0.25, -0.2) is 0 Å². The molecule has 0 aliphatic rings. The molecule has 0 atom stereocenters. The van der Waals surface area contributed by atoms with Gasteiger partial charge < -0.3 is 10.1 Å². The van der Waals surface area contributed by atoms with Gasteiger partial charge in [0.25, 0.3) is 0 Å². The van der Waals surface area contributed by atoms with E-state index in [0.29, 0.717) is 0 Å². The summed E-state index contributed by atoms with van der Waals surface area (Å²) < 4.78 is 6.23. The maximum atomic E-state index is 6.06. The average Bonchev–Trinajstić information content (AvgIpc) is 2.43. The van der Waals surface area contributed by atoms with Crippen molar-refractivity contribution in [2.45, 2.75) is 13.1 Å². The van der Waals surface area contributed by atoms with E-state index in [-0.39, 0.29) is 0 Å². The molecule has 2 rings (SSSR count). The Hall–Kier alpha value is -1.03. The second-order valence-corrected chi connectivity index (χ2v) is 5.43. The summed E-state index contributed by atoms with van der Waals surface area (Å²) in [7, 11) is 1.69. The first-order chi connectivity index (χ1) is 9.20. The molecule has 2 aromatic rings. The van der Waals surface area contributed by atoms with Crippen molar-refractivity contribution in [2.75, 3.05) is 7.11 Å². The van der Waals surface area contributed by atoms with Gasteiger partial charge in [0, 0.05) is 23.1 Å². The number of rotatable bonds is 5. The lowest BCUT2D eigenvalue weighted by atomic mass is 10.2. The normalized spacial score (nSPS) is 10.5. The quantitative estimate of drug-likeness (QED) is 0.871. The Balaban J connectivity index is 1.94. The number of ether oxygens (including phenoxy) is 1. The summed E-state index contributed by atoms with van der Waals surface area (Å²) in [4.78, 5) is 0. The summed E-state index contributed by atoms with van der Waals surface area (Å²) in [6, 6.07) is 14.0. The molecule has 0 unspecified atom stereocenters. The summed E-state index contributed by atoms with van der Waals surface area (Å²) >= 11 is 9.45. The molecule has 2 aromatic carbocycles. The van der Waals surface area contributed by atoms with Crippen LogP contribution in [0, 0.1) is 0 Å². The largest absolute Gasteiger partial charge is 0.496 e. The molecule has 0 radical (unpaired) electrons. The lowest BCUT2D eigenvalue weighted by molar-refractivity contribution is 0.407.